The molecule has 2 rings (SSSR count). The van der Waals surface area contributed by atoms with Gasteiger partial charge in [0.2, 0.25) is 0 Å². The molecule has 5 nitrogen and oxygen atoms in total. The summed E-state index contributed by atoms with van der Waals surface area (Å²) >= 11 is 0. The number of hydrogen-bond acceptors (Lipinski definition) is 3. The van der Waals surface area contributed by atoms with Gasteiger partial charge in [0, 0.05) is 19.9 Å². The lowest BCUT2D eigenvalue weighted by Crippen LogP contribution is -2.26. The van der Waals surface area contributed by atoms with Gasteiger partial charge in [-0.25, -0.2) is 0 Å². The summed E-state index contributed by atoms with van der Waals surface area (Å²) in [6, 6.07) is 11.8. The van der Waals surface area contributed by atoms with Gasteiger partial charge in [-0.05, 0) is 18.1 Å². The number of carbonyl (C=O) groups is 1. The Hall–Kier alpha value is -2.14. The standard InChI is InChI=1S/C15H19N3O2/c1-20-12-11-18-10-8-14(17-18)15(19)16-9-7-13-5-3-2-4-6-13/h2-6,8,10H,7,9,11-12H2,1H3,(H,16,19). The van der Waals surface area contributed by atoms with E-state index >= 15 is 0 Å². The summed E-state index contributed by atoms with van der Waals surface area (Å²) in [5.41, 5.74) is 1.65. The van der Waals surface area contributed by atoms with Crippen LogP contribution in [0, 0.1) is 0 Å². The van der Waals surface area contributed by atoms with Gasteiger partial charge in [0.15, 0.2) is 0 Å². The van der Waals surface area contributed by atoms with E-state index in [0.29, 0.717) is 25.4 Å². The van der Waals surface area contributed by atoms with Crippen LogP contribution in [0.2, 0.25) is 0 Å². The number of nitrogens with zero attached hydrogens (tertiary/aromatic N) is 2. The van der Waals surface area contributed by atoms with Crippen LogP contribution in [0.3, 0.4) is 0 Å². The molecule has 0 spiro atoms. The van der Waals surface area contributed by atoms with Crippen LogP contribution in [0.4, 0.5) is 0 Å². The Morgan fingerprint density at radius 2 is 2.10 bits per heavy atom. The van der Waals surface area contributed by atoms with Crippen molar-refractivity contribution in [3.8, 4) is 0 Å². The summed E-state index contributed by atoms with van der Waals surface area (Å²) in [6.45, 7) is 1.83. The molecule has 0 saturated carbocycles. The number of aromatic nitrogens is 2. The first-order valence-corrected chi connectivity index (χ1v) is 6.64. The third kappa shape index (κ3) is 4.20. The van der Waals surface area contributed by atoms with Gasteiger partial charge < -0.3 is 10.1 Å². The molecule has 106 valence electrons. The molecule has 0 saturated heterocycles. The zero-order valence-corrected chi connectivity index (χ0v) is 11.6. The number of ether oxygens (including phenoxy) is 1. The van der Waals surface area contributed by atoms with E-state index in [4.69, 9.17) is 4.74 Å². The summed E-state index contributed by atoms with van der Waals surface area (Å²) in [6.07, 6.45) is 2.60. The third-order valence-corrected chi connectivity index (χ3v) is 2.94. The molecule has 0 fully saturated rings. The second-order valence-electron chi connectivity index (χ2n) is 4.45. The van der Waals surface area contributed by atoms with Crippen LogP contribution in [-0.4, -0.2) is 35.9 Å². The van der Waals surface area contributed by atoms with Crippen LogP contribution in [0.15, 0.2) is 42.6 Å². The van der Waals surface area contributed by atoms with E-state index in [9.17, 15) is 4.79 Å². The van der Waals surface area contributed by atoms with Crippen molar-refractivity contribution in [2.24, 2.45) is 0 Å². The molecule has 0 aliphatic rings. The Labute approximate surface area is 118 Å². The summed E-state index contributed by atoms with van der Waals surface area (Å²) in [4.78, 5) is 11.9. The molecule has 0 unspecified atom stereocenters. The van der Waals surface area contributed by atoms with Gasteiger partial charge in [-0.2, -0.15) is 5.10 Å². The van der Waals surface area contributed by atoms with Gasteiger partial charge in [-0.3, -0.25) is 9.48 Å². The first-order chi connectivity index (χ1) is 9.79. The highest BCUT2D eigenvalue weighted by atomic mass is 16.5. The van der Waals surface area contributed by atoms with E-state index in [0.717, 1.165) is 6.42 Å². The number of nitrogens with one attached hydrogen (secondary N) is 1. The van der Waals surface area contributed by atoms with Crippen molar-refractivity contribution >= 4 is 5.91 Å². The van der Waals surface area contributed by atoms with Crippen molar-refractivity contribution in [2.75, 3.05) is 20.3 Å². The van der Waals surface area contributed by atoms with E-state index < -0.39 is 0 Å². The molecule has 0 aliphatic carbocycles. The summed E-state index contributed by atoms with van der Waals surface area (Å²) in [5.74, 6) is -0.142. The monoisotopic (exact) mass is 273 g/mol. The second kappa shape index (κ2) is 7.45. The van der Waals surface area contributed by atoms with E-state index in [1.165, 1.54) is 5.56 Å². The predicted molar refractivity (Wildman–Crippen MR) is 76.6 cm³/mol. The second-order valence-corrected chi connectivity index (χ2v) is 4.45. The van der Waals surface area contributed by atoms with Gasteiger partial charge in [-0.15, -0.1) is 0 Å². The fourth-order valence-electron chi connectivity index (χ4n) is 1.85. The largest absolute Gasteiger partial charge is 0.383 e. The molecule has 1 aromatic heterocycles. The third-order valence-electron chi connectivity index (χ3n) is 2.94. The minimum absolute atomic E-state index is 0.142. The molecule has 1 aromatic carbocycles. The van der Waals surface area contributed by atoms with Gasteiger partial charge in [-0.1, -0.05) is 30.3 Å². The Morgan fingerprint density at radius 1 is 1.30 bits per heavy atom. The fourth-order valence-corrected chi connectivity index (χ4v) is 1.85. The number of methoxy groups -OCH3 is 1. The van der Waals surface area contributed by atoms with Crippen LogP contribution in [-0.2, 0) is 17.7 Å². The van der Waals surface area contributed by atoms with E-state index in [2.05, 4.69) is 10.4 Å². The molecular formula is C15H19N3O2. The Balaban J connectivity index is 1.78. The SMILES string of the molecule is COCCn1ccc(C(=O)NCCc2ccccc2)n1. The minimum Gasteiger partial charge on any atom is -0.383 e. The van der Waals surface area contributed by atoms with Crippen LogP contribution in [0.25, 0.3) is 0 Å². The molecule has 0 aliphatic heterocycles. The maximum atomic E-state index is 11.9. The van der Waals surface area contributed by atoms with Crippen molar-refractivity contribution in [1.29, 1.82) is 0 Å². The average molecular weight is 273 g/mol. The Morgan fingerprint density at radius 3 is 2.85 bits per heavy atom. The molecule has 1 amide bonds. The Bertz CT molecular complexity index is 537. The zero-order chi connectivity index (χ0) is 14.2. The lowest BCUT2D eigenvalue weighted by Gasteiger charge is -2.03. The first-order valence-electron chi connectivity index (χ1n) is 6.64. The van der Waals surface area contributed by atoms with Crippen LogP contribution < -0.4 is 5.32 Å². The van der Waals surface area contributed by atoms with E-state index in [1.807, 2.05) is 30.3 Å². The zero-order valence-electron chi connectivity index (χ0n) is 11.6. The highest BCUT2D eigenvalue weighted by molar-refractivity contribution is 5.92. The number of amides is 1. The average Bonchev–Trinajstić information content (AvgIpc) is 2.95. The summed E-state index contributed by atoms with van der Waals surface area (Å²) in [5, 5.41) is 7.07. The van der Waals surface area contributed by atoms with Crippen molar-refractivity contribution in [1.82, 2.24) is 15.1 Å². The maximum Gasteiger partial charge on any atom is 0.271 e. The highest BCUT2D eigenvalue weighted by Crippen LogP contribution is 1.99. The van der Waals surface area contributed by atoms with Crippen molar-refractivity contribution < 1.29 is 9.53 Å². The van der Waals surface area contributed by atoms with Gasteiger partial charge >= 0.3 is 0 Å². The number of hydrogen-bond donors (Lipinski definition) is 1. The Kier molecular flexibility index (Phi) is 5.32. The highest BCUT2D eigenvalue weighted by Gasteiger charge is 2.08. The normalized spacial score (nSPS) is 10.4. The number of benzene rings is 1. The molecule has 1 heterocycles. The summed E-state index contributed by atoms with van der Waals surface area (Å²) < 4.78 is 6.67. The first kappa shape index (κ1) is 14.3. The maximum absolute atomic E-state index is 11.9. The number of carbonyl (C=O) groups excluding carboxylic acids is 1. The van der Waals surface area contributed by atoms with E-state index in [-0.39, 0.29) is 5.91 Å². The van der Waals surface area contributed by atoms with Crippen molar-refractivity contribution in [2.45, 2.75) is 13.0 Å². The molecule has 1 N–H and O–H groups in total. The molecule has 0 atom stereocenters. The molecule has 20 heavy (non-hydrogen) atoms. The fraction of sp³-hybridized carbons (Fsp3) is 0.333. The van der Waals surface area contributed by atoms with Crippen LogP contribution >= 0.6 is 0 Å². The molecular weight excluding hydrogens is 254 g/mol. The number of rotatable bonds is 7. The van der Waals surface area contributed by atoms with Crippen molar-refractivity contribution in [3.05, 3.63) is 53.9 Å². The van der Waals surface area contributed by atoms with Gasteiger partial charge in [0.1, 0.15) is 5.69 Å². The van der Waals surface area contributed by atoms with E-state index in [1.54, 1.807) is 24.1 Å². The lowest BCUT2D eigenvalue weighted by molar-refractivity contribution is 0.0947. The van der Waals surface area contributed by atoms with Crippen LogP contribution in [0.5, 0.6) is 0 Å². The lowest BCUT2D eigenvalue weighted by atomic mass is 10.1. The van der Waals surface area contributed by atoms with Gasteiger partial charge in [0.05, 0.1) is 13.2 Å². The van der Waals surface area contributed by atoms with Crippen molar-refractivity contribution in [3.63, 3.8) is 0 Å². The molecule has 0 bridgehead atoms. The minimum atomic E-state index is -0.142. The molecule has 5 heteroatoms. The van der Waals surface area contributed by atoms with Gasteiger partial charge in [0.25, 0.3) is 5.91 Å². The quantitative estimate of drug-likeness (QED) is 0.832. The predicted octanol–water partition coefficient (Wildman–Crippen LogP) is 1.50. The summed E-state index contributed by atoms with van der Waals surface area (Å²) in [7, 11) is 1.64. The topological polar surface area (TPSA) is 56.1 Å². The smallest absolute Gasteiger partial charge is 0.271 e. The van der Waals surface area contributed by atoms with Crippen LogP contribution in [0.1, 0.15) is 16.1 Å². The molecule has 2 aromatic rings. The molecule has 0 radical (unpaired) electrons.